The first-order valence-electron chi connectivity index (χ1n) is 10.5. The molecule has 0 aromatic heterocycles. The fraction of sp³-hybridized carbons (Fsp3) is 0.950. The summed E-state index contributed by atoms with van der Waals surface area (Å²) in [6.07, 6.45) is 8.13. The Labute approximate surface area is 178 Å². The highest BCUT2D eigenvalue weighted by atomic mass is 35.5. The molecule has 0 aromatic carbocycles. The molecule has 0 atom stereocenters. The van der Waals surface area contributed by atoms with E-state index in [0.29, 0.717) is 11.8 Å². The summed E-state index contributed by atoms with van der Waals surface area (Å²) in [7, 11) is 0. The third-order valence-electron chi connectivity index (χ3n) is 6.09. The van der Waals surface area contributed by atoms with Gasteiger partial charge in [0, 0.05) is 0 Å². The van der Waals surface area contributed by atoms with Gasteiger partial charge >= 0.3 is 6.16 Å². The molecular formula is C20H40Cl2N2O3. The van der Waals surface area contributed by atoms with Crippen molar-refractivity contribution in [2.24, 2.45) is 11.8 Å². The van der Waals surface area contributed by atoms with Crippen molar-refractivity contribution in [1.82, 2.24) is 9.80 Å². The maximum Gasteiger partial charge on any atom is 0.506 e. The van der Waals surface area contributed by atoms with Crippen LogP contribution in [0.4, 0.5) is 4.79 Å². The van der Waals surface area contributed by atoms with Crippen LogP contribution in [0.3, 0.4) is 0 Å². The average molecular weight is 427 g/mol. The minimum atomic E-state index is -1.09. The van der Waals surface area contributed by atoms with Crippen molar-refractivity contribution in [3.05, 3.63) is 0 Å². The number of carboxylic acid groups (broad SMARTS) is 1. The van der Waals surface area contributed by atoms with Crippen molar-refractivity contribution in [1.29, 1.82) is 0 Å². The van der Waals surface area contributed by atoms with Crippen LogP contribution in [0.1, 0.15) is 65.2 Å². The quantitative estimate of drug-likeness (QED) is 0.530. The summed E-state index contributed by atoms with van der Waals surface area (Å²) in [5, 5.41) is 9.24. The lowest BCUT2D eigenvalue weighted by atomic mass is 9.79. The summed E-state index contributed by atoms with van der Waals surface area (Å²) in [5.41, 5.74) is 0. The minimum Gasteiger partial charge on any atom is -0.450 e. The first kappa shape index (κ1) is 26.8. The standard InChI is InChI=1S/C20H38N2O3.2ClH/c1-3-5-11-21-13-7-17(8-14-21)19(25-20(23)24)18-9-15-22(16-10-18)12-6-4-2;;/h17-19H,3-16H2,1-2H3,(H,23,24);2*1H. The Bertz CT molecular complexity index is 357. The molecule has 2 saturated heterocycles. The number of rotatable bonds is 9. The van der Waals surface area contributed by atoms with Crippen LogP contribution in [0.2, 0.25) is 0 Å². The Hall–Kier alpha value is -0.230. The third-order valence-corrected chi connectivity index (χ3v) is 6.09. The van der Waals surface area contributed by atoms with Crippen molar-refractivity contribution in [3.63, 3.8) is 0 Å². The molecule has 7 heteroatoms. The Morgan fingerprint density at radius 2 is 1.26 bits per heavy atom. The molecule has 2 heterocycles. The molecule has 0 saturated carbocycles. The normalized spacial score (nSPS) is 20.1. The number of piperidine rings is 2. The summed E-state index contributed by atoms with van der Waals surface area (Å²) in [5.74, 6) is 0.808. The summed E-state index contributed by atoms with van der Waals surface area (Å²) in [6, 6.07) is 0. The zero-order valence-corrected chi connectivity index (χ0v) is 18.7. The fourth-order valence-corrected chi connectivity index (χ4v) is 4.47. The van der Waals surface area contributed by atoms with Crippen LogP contribution >= 0.6 is 24.8 Å². The lowest BCUT2D eigenvalue weighted by Gasteiger charge is -2.41. The van der Waals surface area contributed by atoms with Gasteiger partial charge in [0.2, 0.25) is 0 Å². The molecule has 0 radical (unpaired) electrons. The predicted octanol–water partition coefficient (Wildman–Crippen LogP) is 4.92. The van der Waals surface area contributed by atoms with E-state index in [0.717, 1.165) is 51.9 Å². The molecule has 0 unspecified atom stereocenters. The SMILES string of the molecule is CCCCN1CCC(C(OC(=O)O)C2CCN(CCCC)CC2)CC1.Cl.Cl. The van der Waals surface area contributed by atoms with E-state index in [4.69, 9.17) is 4.74 Å². The largest absolute Gasteiger partial charge is 0.506 e. The molecule has 0 aromatic rings. The van der Waals surface area contributed by atoms with Gasteiger partial charge in [-0.2, -0.15) is 0 Å². The first-order valence-corrected chi connectivity index (χ1v) is 10.5. The van der Waals surface area contributed by atoms with Gasteiger partial charge in [-0.15, -0.1) is 24.8 Å². The number of carbonyl (C=O) groups is 1. The second kappa shape index (κ2) is 14.7. The van der Waals surface area contributed by atoms with E-state index < -0.39 is 6.16 Å². The summed E-state index contributed by atoms with van der Waals surface area (Å²) < 4.78 is 5.44. The second-order valence-electron chi connectivity index (χ2n) is 7.91. The number of halogens is 2. The molecule has 2 aliphatic rings. The molecule has 5 nitrogen and oxygen atoms in total. The van der Waals surface area contributed by atoms with Crippen LogP contribution in [0, 0.1) is 11.8 Å². The Morgan fingerprint density at radius 3 is 1.56 bits per heavy atom. The summed E-state index contributed by atoms with van der Waals surface area (Å²) >= 11 is 0. The molecule has 0 aliphatic carbocycles. The Balaban J connectivity index is 0.00000338. The van der Waals surface area contributed by atoms with Gasteiger partial charge < -0.3 is 19.6 Å². The van der Waals surface area contributed by atoms with Crippen molar-refractivity contribution in [2.45, 2.75) is 71.3 Å². The highest BCUT2D eigenvalue weighted by Crippen LogP contribution is 2.33. The van der Waals surface area contributed by atoms with Crippen LogP contribution in [0.15, 0.2) is 0 Å². The first-order chi connectivity index (χ1) is 12.1. The highest BCUT2D eigenvalue weighted by molar-refractivity contribution is 5.85. The Kier molecular flexibility index (Phi) is 14.6. The van der Waals surface area contributed by atoms with Gasteiger partial charge in [0.15, 0.2) is 0 Å². The van der Waals surface area contributed by atoms with Gasteiger partial charge in [0.1, 0.15) is 6.10 Å². The lowest BCUT2D eigenvalue weighted by Crippen LogP contribution is -2.45. The zero-order valence-electron chi connectivity index (χ0n) is 17.1. The van der Waals surface area contributed by atoms with E-state index in [1.165, 1.54) is 38.8 Å². The summed E-state index contributed by atoms with van der Waals surface area (Å²) in [6.45, 7) is 11.2. The van der Waals surface area contributed by atoms with E-state index in [1.54, 1.807) is 0 Å². The Morgan fingerprint density at radius 1 is 0.889 bits per heavy atom. The van der Waals surface area contributed by atoms with E-state index in [9.17, 15) is 9.90 Å². The van der Waals surface area contributed by atoms with Crippen LogP contribution in [0.5, 0.6) is 0 Å². The van der Waals surface area contributed by atoms with Crippen LogP contribution < -0.4 is 0 Å². The van der Waals surface area contributed by atoms with Gasteiger partial charge in [-0.3, -0.25) is 0 Å². The molecular weight excluding hydrogens is 387 g/mol. The van der Waals surface area contributed by atoms with Gasteiger partial charge in [0.25, 0.3) is 0 Å². The van der Waals surface area contributed by atoms with E-state index >= 15 is 0 Å². The molecule has 162 valence electrons. The van der Waals surface area contributed by atoms with Gasteiger partial charge in [-0.05, 0) is 89.6 Å². The van der Waals surface area contributed by atoms with Gasteiger partial charge in [-0.25, -0.2) is 4.79 Å². The smallest absolute Gasteiger partial charge is 0.450 e. The molecule has 2 fully saturated rings. The molecule has 0 bridgehead atoms. The maximum absolute atomic E-state index is 11.3. The van der Waals surface area contributed by atoms with Crippen molar-refractivity contribution in [2.75, 3.05) is 39.3 Å². The molecule has 2 aliphatic heterocycles. The molecule has 1 N–H and O–H groups in total. The van der Waals surface area contributed by atoms with Gasteiger partial charge in [-0.1, -0.05) is 26.7 Å². The third kappa shape index (κ3) is 9.21. The zero-order chi connectivity index (χ0) is 18.1. The molecule has 27 heavy (non-hydrogen) atoms. The van der Waals surface area contributed by atoms with Crippen LogP contribution in [0.25, 0.3) is 0 Å². The van der Waals surface area contributed by atoms with Crippen molar-refractivity contribution >= 4 is 31.0 Å². The lowest BCUT2D eigenvalue weighted by molar-refractivity contribution is -0.0378. The van der Waals surface area contributed by atoms with Crippen LogP contribution in [-0.4, -0.2) is 66.4 Å². The fourth-order valence-electron chi connectivity index (χ4n) is 4.47. The van der Waals surface area contributed by atoms with E-state index in [2.05, 4.69) is 23.6 Å². The topological polar surface area (TPSA) is 53.0 Å². The maximum atomic E-state index is 11.3. The van der Waals surface area contributed by atoms with Crippen molar-refractivity contribution < 1.29 is 14.6 Å². The minimum absolute atomic E-state index is 0. The van der Waals surface area contributed by atoms with Crippen LogP contribution in [-0.2, 0) is 4.74 Å². The number of nitrogens with zero attached hydrogens (tertiary/aromatic N) is 2. The number of hydrogen-bond donors (Lipinski definition) is 1. The van der Waals surface area contributed by atoms with E-state index in [-0.39, 0.29) is 30.9 Å². The molecule has 0 spiro atoms. The molecule has 0 amide bonds. The summed E-state index contributed by atoms with van der Waals surface area (Å²) in [4.78, 5) is 16.3. The van der Waals surface area contributed by atoms with E-state index in [1.807, 2.05) is 0 Å². The average Bonchev–Trinajstić information content (AvgIpc) is 2.63. The number of hydrogen-bond acceptors (Lipinski definition) is 4. The van der Waals surface area contributed by atoms with Gasteiger partial charge in [0.05, 0.1) is 0 Å². The monoisotopic (exact) mass is 426 g/mol. The molecule has 2 rings (SSSR count). The second-order valence-corrected chi connectivity index (χ2v) is 7.91. The number of likely N-dealkylation sites (tertiary alicyclic amines) is 2. The number of ether oxygens (including phenoxy) is 1. The number of unbranched alkanes of at least 4 members (excludes halogenated alkanes) is 2. The van der Waals surface area contributed by atoms with Crippen molar-refractivity contribution in [3.8, 4) is 0 Å². The highest BCUT2D eigenvalue weighted by Gasteiger charge is 2.36. The predicted molar refractivity (Wildman–Crippen MR) is 116 cm³/mol.